The zero-order valence-corrected chi connectivity index (χ0v) is 10.7. The first kappa shape index (κ1) is 12.6. The summed E-state index contributed by atoms with van der Waals surface area (Å²) in [6, 6.07) is 2.39. The molecule has 0 aliphatic carbocycles. The molecule has 0 aliphatic heterocycles. The summed E-state index contributed by atoms with van der Waals surface area (Å²) in [4.78, 5) is 0. The molecule has 0 bridgehead atoms. The minimum atomic E-state index is -0.155. The number of hydrogen-bond acceptors (Lipinski definition) is 3. The van der Waals surface area contributed by atoms with E-state index in [0.717, 1.165) is 12.1 Å². The largest absolute Gasteiger partial charge is 0.383 e. The monoisotopic (exact) mass is 220 g/mol. The molecule has 1 aromatic rings. The van der Waals surface area contributed by atoms with Crippen LogP contribution in [-0.4, -0.2) is 9.78 Å². The predicted octanol–water partition coefficient (Wildman–Crippen LogP) is 2.61. The minimum Gasteiger partial charge on any atom is -0.383 e. The number of hydrogen-bond donors (Lipinski definition) is 1. The first-order valence-electron chi connectivity index (χ1n) is 5.61. The molecule has 1 atom stereocenters. The fourth-order valence-corrected chi connectivity index (χ4v) is 1.59. The van der Waals surface area contributed by atoms with E-state index >= 15 is 0 Å². The highest BCUT2D eigenvalue weighted by Crippen LogP contribution is 2.30. The standard InChI is InChI=1S/C12H20N4/c1-6-8(2)16-11(14)9(7-13)10(15-16)12(3,4)5/h8H,6,14H2,1-5H3. The van der Waals surface area contributed by atoms with Crippen molar-refractivity contribution in [2.75, 3.05) is 5.73 Å². The molecule has 0 fully saturated rings. The molecule has 2 N–H and O–H groups in total. The molecule has 1 heterocycles. The Hall–Kier alpha value is -1.50. The lowest BCUT2D eigenvalue weighted by molar-refractivity contribution is 0.463. The summed E-state index contributed by atoms with van der Waals surface area (Å²) in [5.41, 5.74) is 7.12. The van der Waals surface area contributed by atoms with E-state index < -0.39 is 0 Å². The van der Waals surface area contributed by atoms with Crippen LogP contribution in [0.5, 0.6) is 0 Å². The molecule has 88 valence electrons. The van der Waals surface area contributed by atoms with Crippen molar-refractivity contribution in [1.82, 2.24) is 9.78 Å². The van der Waals surface area contributed by atoms with Crippen LogP contribution in [-0.2, 0) is 5.41 Å². The van der Waals surface area contributed by atoms with Crippen LogP contribution in [0.2, 0.25) is 0 Å². The average molecular weight is 220 g/mol. The molecule has 4 heteroatoms. The van der Waals surface area contributed by atoms with Crippen molar-refractivity contribution in [3.05, 3.63) is 11.3 Å². The number of nitrogen functional groups attached to an aromatic ring is 1. The molecule has 1 aromatic heterocycles. The van der Waals surface area contributed by atoms with Gasteiger partial charge < -0.3 is 5.73 Å². The van der Waals surface area contributed by atoms with Crippen molar-refractivity contribution in [1.29, 1.82) is 5.26 Å². The zero-order valence-electron chi connectivity index (χ0n) is 10.7. The molecule has 0 spiro atoms. The number of nitriles is 1. The van der Waals surface area contributed by atoms with Gasteiger partial charge in [-0.15, -0.1) is 0 Å². The second-order valence-electron chi connectivity index (χ2n) is 5.17. The van der Waals surface area contributed by atoms with Crippen LogP contribution >= 0.6 is 0 Å². The highest BCUT2D eigenvalue weighted by atomic mass is 15.3. The molecular weight excluding hydrogens is 200 g/mol. The van der Waals surface area contributed by atoms with E-state index in [0.29, 0.717) is 11.4 Å². The van der Waals surface area contributed by atoms with Gasteiger partial charge in [-0.2, -0.15) is 10.4 Å². The SMILES string of the molecule is CCC(C)n1nc(C(C)(C)C)c(C#N)c1N. The topological polar surface area (TPSA) is 67.6 Å². The third kappa shape index (κ3) is 2.04. The molecular formula is C12H20N4. The van der Waals surface area contributed by atoms with Gasteiger partial charge in [0.15, 0.2) is 0 Å². The quantitative estimate of drug-likeness (QED) is 0.833. The Balaban J connectivity index is 3.39. The van der Waals surface area contributed by atoms with E-state index in [2.05, 4.69) is 25.0 Å². The summed E-state index contributed by atoms with van der Waals surface area (Å²) < 4.78 is 1.76. The number of nitrogens with zero attached hydrogens (tertiary/aromatic N) is 3. The second kappa shape index (κ2) is 4.17. The Morgan fingerprint density at radius 1 is 1.50 bits per heavy atom. The van der Waals surface area contributed by atoms with Gasteiger partial charge in [0.2, 0.25) is 0 Å². The van der Waals surface area contributed by atoms with Crippen LogP contribution in [0.3, 0.4) is 0 Å². The van der Waals surface area contributed by atoms with Crippen molar-refractivity contribution < 1.29 is 0 Å². The van der Waals surface area contributed by atoms with Gasteiger partial charge >= 0.3 is 0 Å². The molecule has 0 aromatic carbocycles. The summed E-state index contributed by atoms with van der Waals surface area (Å²) in [5, 5.41) is 13.6. The third-order valence-corrected chi connectivity index (χ3v) is 2.78. The van der Waals surface area contributed by atoms with Crippen molar-refractivity contribution in [3.63, 3.8) is 0 Å². The van der Waals surface area contributed by atoms with E-state index in [9.17, 15) is 0 Å². The Labute approximate surface area is 97.1 Å². The number of rotatable bonds is 2. The molecule has 0 saturated heterocycles. The molecule has 0 amide bonds. The molecule has 1 rings (SSSR count). The minimum absolute atomic E-state index is 0.155. The maximum absolute atomic E-state index is 9.15. The van der Waals surface area contributed by atoms with Crippen LogP contribution in [0, 0.1) is 11.3 Å². The van der Waals surface area contributed by atoms with Crippen molar-refractivity contribution in [2.24, 2.45) is 0 Å². The van der Waals surface area contributed by atoms with Crippen LogP contribution in [0.25, 0.3) is 0 Å². The number of aromatic nitrogens is 2. The van der Waals surface area contributed by atoms with E-state index in [1.54, 1.807) is 4.68 Å². The Kier molecular flexibility index (Phi) is 3.27. The van der Waals surface area contributed by atoms with Crippen LogP contribution < -0.4 is 5.73 Å². The lowest BCUT2D eigenvalue weighted by Crippen LogP contribution is -2.15. The zero-order chi connectivity index (χ0) is 12.5. The molecule has 0 saturated carbocycles. The fourth-order valence-electron chi connectivity index (χ4n) is 1.59. The van der Waals surface area contributed by atoms with E-state index in [1.807, 2.05) is 20.8 Å². The summed E-state index contributed by atoms with van der Waals surface area (Å²) in [6.45, 7) is 10.2. The second-order valence-corrected chi connectivity index (χ2v) is 5.17. The maximum Gasteiger partial charge on any atom is 0.140 e. The van der Waals surface area contributed by atoms with Gasteiger partial charge in [0, 0.05) is 5.41 Å². The van der Waals surface area contributed by atoms with Gasteiger partial charge in [-0.25, -0.2) is 4.68 Å². The number of nitrogens with two attached hydrogens (primary N) is 1. The number of anilines is 1. The first-order valence-corrected chi connectivity index (χ1v) is 5.61. The summed E-state index contributed by atoms with van der Waals surface area (Å²) in [6.07, 6.45) is 0.945. The van der Waals surface area contributed by atoms with Gasteiger partial charge in [-0.3, -0.25) is 0 Å². The third-order valence-electron chi connectivity index (χ3n) is 2.78. The summed E-state index contributed by atoms with van der Waals surface area (Å²) in [5.74, 6) is 0.488. The highest BCUT2D eigenvalue weighted by Gasteiger charge is 2.26. The Morgan fingerprint density at radius 2 is 2.06 bits per heavy atom. The van der Waals surface area contributed by atoms with Crippen molar-refractivity contribution in [2.45, 2.75) is 52.5 Å². The fraction of sp³-hybridized carbons (Fsp3) is 0.667. The van der Waals surface area contributed by atoms with E-state index in [4.69, 9.17) is 11.0 Å². The van der Waals surface area contributed by atoms with E-state index in [-0.39, 0.29) is 11.5 Å². The lowest BCUT2D eigenvalue weighted by atomic mass is 9.90. The van der Waals surface area contributed by atoms with E-state index in [1.165, 1.54) is 0 Å². The van der Waals surface area contributed by atoms with Gasteiger partial charge in [-0.05, 0) is 13.3 Å². The Morgan fingerprint density at radius 3 is 2.38 bits per heavy atom. The van der Waals surface area contributed by atoms with Crippen molar-refractivity contribution in [3.8, 4) is 6.07 Å². The summed E-state index contributed by atoms with van der Waals surface area (Å²) in [7, 11) is 0. The lowest BCUT2D eigenvalue weighted by Gasteiger charge is -2.15. The molecule has 0 aliphatic rings. The normalized spacial score (nSPS) is 13.5. The highest BCUT2D eigenvalue weighted by molar-refractivity contribution is 5.54. The van der Waals surface area contributed by atoms with Crippen molar-refractivity contribution >= 4 is 5.82 Å². The molecule has 1 unspecified atom stereocenters. The summed E-state index contributed by atoms with van der Waals surface area (Å²) >= 11 is 0. The molecule has 0 radical (unpaired) electrons. The smallest absolute Gasteiger partial charge is 0.140 e. The molecule has 4 nitrogen and oxygen atoms in total. The Bertz CT molecular complexity index is 417. The van der Waals surface area contributed by atoms with Gasteiger partial charge in [0.25, 0.3) is 0 Å². The van der Waals surface area contributed by atoms with Gasteiger partial charge in [-0.1, -0.05) is 27.7 Å². The predicted molar refractivity (Wildman–Crippen MR) is 65.1 cm³/mol. The van der Waals surface area contributed by atoms with Crippen LogP contribution in [0.15, 0.2) is 0 Å². The van der Waals surface area contributed by atoms with Crippen LogP contribution in [0.4, 0.5) is 5.82 Å². The van der Waals surface area contributed by atoms with Gasteiger partial charge in [0.05, 0.1) is 11.7 Å². The van der Waals surface area contributed by atoms with Gasteiger partial charge in [0.1, 0.15) is 17.5 Å². The maximum atomic E-state index is 9.15. The van der Waals surface area contributed by atoms with Crippen LogP contribution in [0.1, 0.15) is 58.3 Å². The first-order chi connectivity index (χ1) is 7.32. The molecule has 16 heavy (non-hydrogen) atoms. The average Bonchev–Trinajstić information content (AvgIpc) is 2.53.